The molecular formula is C25H39N5O3. The van der Waals surface area contributed by atoms with Crippen LogP contribution in [0, 0.1) is 5.92 Å². The van der Waals surface area contributed by atoms with E-state index in [0.717, 1.165) is 18.4 Å². The Morgan fingerprint density at radius 2 is 1.76 bits per heavy atom. The zero-order chi connectivity index (χ0) is 24.1. The molecule has 0 saturated carbocycles. The van der Waals surface area contributed by atoms with E-state index < -0.39 is 12.2 Å². The second-order valence-electron chi connectivity index (χ2n) is 9.36. The number of carbonyl (C=O) groups excluding carboxylic acids is 3. The molecule has 3 rings (SSSR count). The summed E-state index contributed by atoms with van der Waals surface area (Å²) in [5.74, 6) is 0.173. The monoisotopic (exact) mass is 457 g/mol. The van der Waals surface area contributed by atoms with Crippen LogP contribution >= 0.6 is 0 Å². The van der Waals surface area contributed by atoms with Gasteiger partial charge in [0.15, 0.2) is 0 Å². The van der Waals surface area contributed by atoms with E-state index >= 15 is 0 Å². The Labute approximate surface area is 197 Å². The van der Waals surface area contributed by atoms with Gasteiger partial charge in [0.05, 0.1) is 13.1 Å². The third-order valence-electron chi connectivity index (χ3n) is 6.72. The molecule has 0 bridgehead atoms. The molecule has 8 nitrogen and oxygen atoms in total. The van der Waals surface area contributed by atoms with Gasteiger partial charge >= 0.3 is 6.03 Å². The molecule has 4 amide bonds. The minimum Gasteiger partial charge on any atom is -0.334 e. The lowest BCUT2D eigenvalue weighted by Gasteiger charge is -2.56. The molecular weight excluding hydrogens is 418 g/mol. The summed E-state index contributed by atoms with van der Waals surface area (Å²) in [5, 5.41) is 6.51. The molecule has 0 aromatic heterocycles. The SMILES string of the molecule is CCC(CC)N1C[C@H]2N(C(=O)CN(CC)N2C(=O)NCc2ccccc2)[C@@H](CC(C)C)C1=O. The number of benzene rings is 1. The number of nitrogens with one attached hydrogen (secondary N) is 1. The fourth-order valence-electron chi connectivity index (χ4n) is 5.01. The van der Waals surface area contributed by atoms with Crippen LogP contribution in [0.4, 0.5) is 4.79 Å². The smallest absolute Gasteiger partial charge is 0.334 e. The van der Waals surface area contributed by atoms with Crippen LogP contribution in [0.1, 0.15) is 59.4 Å². The highest BCUT2D eigenvalue weighted by molar-refractivity contribution is 5.91. The van der Waals surface area contributed by atoms with Crippen molar-refractivity contribution in [1.82, 2.24) is 25.1 Å². The zero-order valence-electron chi connectivity index (χ0n) is 20.7. The number of carbonyl (C=O) groups is 3. The first-order valence-corrected chi connectivity index (χ1v) is 12.3. The Kier molecular flexibility index (Phi) is 8.35. The van der Waals surface area contributed by atoms with Gasteiger partial charge in [-0.15, -0.1) is 0 Å². The molecule has 2 fully saturated rings. The first-order chi connectivity index (χ1) is 15.8. The summed E-state index contributed by atoms with van der Waals surface area (Å²) in [7, 11) is 0. The van der Waals surface area contributed by atoms with E-state index in [0.29, 0.717) is 26.1 Å². The second-order valence-corrected chi connectivity index (χ2v) is 9.36. The van der Waals surface area contributed by atoms with Gasteiger partial charge in [-0.25, -0.2) is 14.8 Å². The molecule has 2 heterocycles. The Morgan fingerprint density at radius 1 is 1.09 bits per heavy atom. The molecule has 0 spiro atoms. The Morgan fingerprint density at radius 3 is 2.33 bits per heavy atom. The summed E-state index contributed by atoms with van der Waals surface area (Å²) in [4.78, 5) is 43.9. The fourth-order valence-corrected chi connectivity index (χ4v) is 5.01. The van der Waals surface area contributed by atoms with Crippen molar-refractivity contribution in [2.45, 2.75) is 78.7 Å². The Hall–Kier alpha value is -2.61. The second kappa shape index (κ2) is 11.0. The Balaban J connectivity index is 1.93. The molecule has 1 aromatic carbocycles. The Bertz CT molecular complexity index is 827. The van der Waals surface area contributed by atoms with E-state index in [1.807, 2.05) is 42.2 Å². The predicted octanol–water partition coefficient (Wildman–Crippen LogP) is 3.05. The van der Waals surface area contributed by atoms with Crippen LogP contribution in [0.2, 0.25) is 0 Å². The minimum absolute atomic E-state index is 0.0107. The third-order valence-corrected chi connectivity index (χ3v) is 6.72. The average molecular weight is 458 g/mol. The van der Waals surface area contributed by atoms with Gasteiger partial charge < -0.3 is 15.1 Å². The van der Waals surface area contributed by atoms with Crippen molar-refractivity contribution in [2.75, 3.05) is 19.6 Å². The molecule has 0 unspecified atom stereocenters. The number of likely N-dealkylation sites (N-methyl/N-ethyl adjacent to an activating group) is 1. The standard InChI is InChI=1S/C25H39N5O3/c1-6-20(7-2)28-16-22-29(21(24(28)32)14-18(4)5)23(31)17-27(8-3)30(22)25(33)26-15-19-12-10-9-11-13-19/h9-13,18,20-22H,6-8,14-17H2,1-5H3,(H,26,33)/t21-,22-/m0/s1. The van der Waals surface area contributed by atoms with Crippen molar-refractivity contribution in [2.24, 2.45) is 5.92 Å². The topological polar surface area (TPSA) is 76.2 Å². The number of amides is 4. The number of hydrogen-bond donors (Lipinski definition) is 1. The van der Waals surface area contributed by atoms with E-state index in [1.165, 1.54) is 0 Å². The van der Waals surface area contributed by atoms with Crippen LogP contribution < -0.4 is 5.32 Å². The number of hydrazine groups is 1. The zero-order valence-corrected chi connectivity index (χ0v) is 20.7. The maximum atomic E-state index is 13.6. The molecule has 33 heavy (non-hydrogen) atoms. The molecule has 0 aliphatic carbocycles. The summed E-state index contributed by atoms with van der Waals surface area (Å²) < 4.78 is 0. The summed E-state index contributed by atoms with van der Waals surface area (Å²) in [5.41, 5.74) is 1.01. The average Bonchev–Trinajstić information content (AvgIpc) is 2.80. The number of rotatable bonds is 8. The van der Waals surface area contributed by atoms with Crippen LogP contribution in [-0.2, 0) is 16.1 Å². The molecule has 8 heteroatoms. The van der Waals surface area contributed by atoms with Crippen LogP contribution in [0.5, 0.6) is 0 Å². The van der Waals surface area contributed by atoms with E-state index in [1.54, 1.807) is 14.9 Å². The molecule has 2 aliphatic heterocycles. The van der Waals surface area contributed by atoms with Crippen molar-refractivity contribution in [1.29, 1.82) is 0 Å². The van der Waals surface area contributed by atoms with Gasteiger partial charge in [0, 0.05) is 19.1 Å². The molecule has 2 aliphatic rings. The lowest BCUT2D eigenvalue weighted by Crippen LogP contribution is -2.77. The van der Waals surface area contributed by atoms with Gasteiger partial charge in [-0.3, -0.25) is 9.59 Å². The minimum atomic E-state index is -0.541. The third kappa shape index (κ3) is 5.32. The largest absolute Gasteiger partial charge is 0.334 e. The maximum absolute atomic E-state index is 13.6. The summed E-state index contributed by atoms with van der Waals surface area (Å²) >= 11 is 0. The van der Waals surface area contributed by atoms with Gasteiger partial charge in [-0.1, -0.05) is 65.0 Å². The van der Waals surface area contributed by atoms with Gasteiger partial charge in [-0.05, 0) is 30.7 Å². The highest BCUT2D eigenvalue weighted by Crippen LogP contribution is 2.31. The van der Waals surface area contributed by atoms with Crippen LogP contribution in [0.3, 0.4) is 0 Å². The van der Waals surface area contributed by atoms with E-state index in [4.69, 9.17) is 0 Å². The van der Waals surface area contributed by atoms with Crippen LogP contribution in [0.25, 0.3) is 0 Å². The van der Waals surface area contributed by atoms with Gasteiger partial charge in [-0.2, -0.15) is 0 Å². The van der Waals surface area contributed by atoms with Crippen LogP contribution in [0.15, 0.2) is 30.3 Å². The van der Waals surface area contributed by atoms with Gasteiger partial charge in [0.25, 0.3) is 0 Å². The van der Waals surface area contributed by atoms with Crippen molar-refractivity contribution in [3.05, 3.63) is 35.9 Å². The molecule has 0 radical (unpaired) electrons. The predicted molar refractivity (Wildman–Crippen MR) is 128 cm³/mol. The first kappa shape index (κ1) is 25.0. The van der Waals surface area contributed by atoms with Gasteiger partial charge in [0.1, 0.15) is 12.2 Å². The van der Waals surface area contributed by atoms with Crippen molar-refractivity contribution in [3.8, 4) is 0 Å². The molecule has 1 aromatic rings. The molecule has 2 saturated heterocycles. The first-order valence-electron chi connectivity index (χ1n) is 12.3. The summed E-state index contributed by atoms with van der Waals surface area (Å²) in [6.07, 6.45) is 1.76. The normalized spacial score (nSPS) is 21.7. The molecule has 2 atom stereocenters. The lowest BCUT2D eigenvalue weighted by atomic mass is 9.95. The fraction of sp³-hybridized carbons (Fsp3) is 0.640. The van der Waals surface area contributed by atoms with Crippen molar-refractivity contribution < 1.29 is 14.4 Å². The van der Waals surface area contributed by atoms with E-state index in [9.17, 15) is 14.4 Å². The highest BCUT2D eigenvalue weighted by atomic mass is 16.2. The summed E-state index contributed by atoms with van der Waals surface area (Å²) in [6, 6.07) is 9.07. The van der Waals surface area contributed by atoms with E-state index in [2.05, 4.69) is 33.0 Å². The quantitative estimate of drug-likeness (QED) is 0.651. The van der Waals surface area contributed by atoms with Gasteiger partial charge in [0.2, 0.25) is 11.8 Å². The number of piperazine rings is 1. The van der Waals surface area contributed by atoms with Crippen molar-refractivity contribution in [3.63, 3.8) is 0 Å². The molecule has 182 valence electrons. The van der Waals surface area contributed by atoms with Crippen LogP contribution in [-0.4, -0.2) is 75.5 Å². The molecule has 1 N–H and O–H groups in total. The maximum Gasteiger partial charge on any atom is 0.334 e. The van der Waals surface area contributed by atoms with E-state index in [-0.39, 0.29) is 36.3 Å². The lowest BCUT2D eigenvalue weighted by molar-refractivity contribution is -0.193. The number of urea groups is 1. The number of fused-ring (bicyclic) bond motifs is 1. The number of nitrogens with zero attached hydrogens (tertiary/aromatic N) is 4. The van der Waals surface area contributed by atoms with Crippen molar-refractivity contribution >= 4 is 17.8 Å². The summed E-state index contributed by atoms with van der Waals surface area (Å²) in [6.45, 7) is 11.6. The number of hydrogen-bond acceptors (Lipinski definition) is 4. The highest BCUT2D eigenvalue weighted by Gasteiger charge is 2.51.